The predicted molar refractivity (Wildman–Crippen MR) is 85.2 cm³/mol. The van der Waals surface area contributed by atoms with Gasteiger partial charge in [0.1, 0.15) is 6.33 Å². The molecule has 23 heavy (non-hydrogen) atoms. The first-order valence-electron chi connectivity index (χ1n) is 7.97. The van der Waals surface area contributed by atoms with Crippen molar-refractivity contribution in [1.29, 1.82) is 0 Å². The van der Waals surface area contributed by atoms with Gasteiger partial charge in [0.2, 0.25) is 5.95 Å². The molecule has 1 aliphatic heterocycles. The van der Waals surface area contributed by atoms with Gasteiger partial charge in [-0.15, -0.1) is 0 Å². The summed E-state index contributed by atoms with van der Waals surface area (Å²) in [6.07, 6.45) is 6.70. The molecule has 0 aromatic carbocycles. The number of hydrogen-bond acceptors (Lipinski definition) is 6. The van der Waals surface area contributed by atoms with E-state index in [9.17, 15) is 4.79 Å². The fourth-order valence-electron chi connectivity index (χ4n) is 3.53. The van der Waals surface area contributed by atoms with Crippen molar-refractivity contribution in [2.45, 2.75) is 31.4 Å². The maximum Gasteiger partial charge on any atom is 0.255 e. The molecule has 1 aliphatic carbocycles. The molecular weight excluding hydrogens is 294 g/mol. The molecule has 0 unspecified atom stereocenters. The van der Waals surface area contributed by atoms with Gasteiger partial charge in [-0.3, -0.25) is 9.36 Å². The van der Waals surface area contributed by atoms with Crippen LogP contribution in [0.5, 0.6) is 0 Å². The Hall–Kier alpha value is -2.28. The van der Waals surface area contributed by atoms with Crippen LogP contribution in [0.1, 0.15) is 19.3 Å². The minimum atomic E-state index is -0.0790. The van der Waals surface area contributed by atoms with E-state index in [4.69, 9.17) is 9.72 Å². The van der Waals surface area contributed by atoms with E-state index in [2.05, 4.69) is 14.9 Å². The van der Waals surface area contributed by atoms with Crippen LogP contribution in [-0.4, -0.2) is 44.8 Å². The van der Waals surface area contributed by atoms with Crippen LogP contribution < -0.4 is 10.5 Å². The number of ether oxygens (including phenoxy) is 1. The molecule has 7 nitrogen and oxygen atoms in total. The summed E-state index contributed by atoms with van der Waals surface area (Å²) in [6.45, 7) is 1.43. The van der Waals surface area contributed by atoms with E-state index in [1.54, 1.807) is 23.9 Å². The Balaban J connectivity index is 1.79. The third kappa shape index (κ3) is 2.50. The van der Waals surface area contributed by atoms with Crippen LogP contribution in [0.4, 0.5) is 5.95 Å². The highest BCUT2D eigenvalue weighted by atomic mass is 16.5. The minimum Gasteiger partial charge on any atom is -0.374 e. The predicted octanol–water partition coefficient (Wildman–Crippen LogP) is 0.995. The van der Waals surface area contributed by atoms with Crippen molar-refractivity contribution >= 4 is 5.95 Å². The molecule has 0 amide bonds. The number of fused-ring (bicyclic) bond motifs is 1. The van der Waals surface area contributed by atoms with Crippen LogP contribution in [0.25, 0.3) is 11.4 Å². The van der Waals surface area contributed by atoms with Crippen molar-refractivity contribution in [3.05, 3.63) is 35.0 Å². The number of anilines is 1. The molecule has 1 saturated heterocycles. The normalized spacial score (nSPS) is 23.8. The van der Waals surface area contributed by atoms with Crippen LogP contribution in [-0.2, 0) is 11.8 Å². The fourth-order valence-corrected chi connectivity index (χ4v) is 3.53. The van der Waals surface area contributed by atoms with Gasteiger partial charge in [0, 0.05) is 25.9 Å². The second kappa shape index (κ2) is 5.73. The molecule has 2 atom stereocenters. The zero-order valence-electron chi connectivity index (χ0n) is 13.1. The quantitative estimate of drug-likeness (QED) is 0.823. The standard InChI is InChI=1S/C16H19N5O2/c1-20-15(22)9-12(11-5-6-17-10-18-11)19-16(20)21-7-8-23-14-4-2-3-13(14)21/h5-6,9-10,13-14H,2-4,7-8H2,1H3/t13-,14-/m0/s1. The van der Waals surface area contributed by atoms with Crippen molar-refractivity contribution in [1.82, 2.24) is 19.5 Å². The lowest BCUT2D eigenvalue weighted by Crippen LogP contribution is -2.50. The average molecular weight is 313 g/mol. The van der Waals surface area contributed by atoms with E-state index in [0.717, 1.165) is 25.8 Å². The molecule has 120 valence electrons. The van der Waals surface area contributed by atoms with Crippen molar-refractivity contribution in [3.8, 4) is 11.4 Å². The molecule has 0 N–H and O–H groups in total. The first-order chi connectivity index (χ1) is 11.2. The number of aromatic nitrogens is 4. The van der Waals surface area contributed by atoms with Crippen molar-refractivity contribution < 1.29 is 4.74 Å². The molecule has 7 heteroatoms. The van der Waals surface area contributed by atoms with Crippen LogP contribution in [0.2, 0.25) is 0 Å². The number of nitrogens with zero attached hydrogens (tertiary/aromatic N) is 5. The summed E-state index contributed by atoms with van der Waals surface area (Å²) in [5, 5.41) is 0. The summed E-state index contributed by atoms with van der Waals surface area (Å²) in [6, 6.07) is 3.60. The van der Waals surface area contributed by atoms with Crippen molar-refractivity contribution in [2.75, 3.05) is 18.1 Å². The van der Waals surface area contributed by atoms with E-state index in [1.165, 1.54) is 12.4 Å². The SMILES string of the molecule is Cn1c(N2CCO[C@H]3CCC[C@@H]32)nc(-c2ccncn2)cc1=O. The maximum absolute atomic E-state index is 12.4. The molecule has 2 aliphatic rings. The molecule has 2 aromatic rings. The zero-order valence-corrected chi connectivity index (χ0v) is 13.1. The van der Waals surface area contributed by atoms with Crippen molar-refractivity contribution in [3.63, 3.8) is 0 Å². The number of hydrogen-bond donors (Lipinski definition) is 0. The van der Waals surface area contributed by atoms with Crippen molar-refractivity contribution in [2.24, 2.45) is 7.05 Å². The Labute approximate surface area is 134 Å². The van der Waals surface area contributed by atoms with Gasteiger partial charge in [0.05, 0.1) is 30.1 Å². The third-order valence-corrected chi connectivity index (χ3v) is 4.69. The Morgan fingerprint density at radius 3 is 3.04 bits per heavy atom. The van der Waals surface area contributed by atoms with E-state index in [1.807, 2.05) is 0 Å². The Kier molecular flexibility index (Phi) is 3.57. The molecule has 0 spiro atoms. The summed E-state index contributed by atoms with van der Waals surface area (Å²) >= 11 is 0. The largest absolute Gasteiger partial charge is 0.374 e. The van der Waals surface area contributed by atoms with Gasteiger partial charge in [-0.1, -0.05) is 0 Å². The summed E-state index contributed by atoms with van der Waals surface area (Å²) in [4.78, 5) is 27.5. The summed E-state index contributed by atoms with van der Waals surface area (Å²) in [5.41, 5.74) is 1.17. The lowest BCUT2D eigenvalue weighted by molar-refractivity contribution is 0.0247. The number of morpholine rings is 1. The van der Waals surface area contributed by atoms with Gasteiger partial charge < -0.3 is 9.64 Å². The Morgan fingerprint density at radius 1 is 1.30 bits per heavy atom. The molecule has 2 aromatic heterocycles. The Morgan fingerprint density at radius 2 is 2.22 bits per heavy atom. The molecular formula is C16H19N5O2. The highest BCUT2D eigenvalue weighted by Crippen LogP contribution is 2.32. The summed E-state index contributed by atoms with van der Waals surface area (Å²) in [5.74, 6) is 0.700. The van der Waals surface area contributed by atoms with E-state index in [-0.39, 0.29) is 11.7 Å². The number of rotatable bonds is 2. The lowest BCUT2D eigenvalue weighted by Gasteiger charge is -2.38. The lowest BCUT2D eigenvalue weighted by atomic mass is 10.1. The summed E-state index contributed by atoms with van der Waals surface area (Å²) in [7, 11) is 1.77. The van der Waals surface area contributed by atoms with Gasteiger partial charge in [-0.2, -0.15) is 0 Å². The van der Waals surface area contributed by atoms with Gasteiger partial charge in [-0.25, -0.2) is 15.0 Å². The topological polar surface area (TPSA) is 73.1 Å². The zero-order chi connectivity index (χ0) is 15.8. The monoisotopic (exact) mass is 313 g/mol. The highest BCUT2D eigenvalue weighted by Gasteiger charge is 2.37. The van der Waals surface area contributed by atoms with E-state index in [0.29, 0.717) is 30.0 Å². The average Bonchev–Trinajstić information content (AvgIpc) is 3.07. The molecule has 3 heterocycles. The van der Waals surface area contributed by atoms with Crippen LogP contribution in [0.3, 0.4) is 0 Å². The summed E-state index contributed by atoms with van der Waals surface area (Å²) < 4.78 is 7.48. The molecule has 0 bridgehead atoms. The molecule has 2 fully saturated rings. The van der Waals surface area contributed by atoms with Crippen LogP contribution in [0, 0.1) is 0 Å². The molecule has 1 saturated carbocycles. The van der Waals surface area contributed by atoms with E-state index < -0.39 is 0 Å². The molecule has 0 radical (unpaired) electrons. The molecule has 4 rings (SSSR count). The van der Waals surface area contributed by atoms with Gasteiger partial charge in [0.25, 0.3) is 5.56 Å². The highest BCUT2D eigenvalue weighted by molar-refractivity contribution is 5.55. The van der Waals surface area contributed by atoms with E-state index >= 15 is 0 Å². The Bertz CT molecular complexity index is 761. The van der Waals surface area contributed by atoms with Gasteiger partial charge in [-0.05, 0) is 25.3 Å². The van der Waals surface area contributed by atoms with Gasteiger partial charge in [0.15, 0.2) is 0 Å². The third-order valence-electron chi connectivity index (χ3n) is 4.69. The fraction of sp³-hybridized carbons (Fsp3) is 0.500. The second-order valence-electron chi connectivity index (χ2n) is 6.03. The maximum atomic E-state index is 12.4. The smallest absolute Gasteiger partial charge is 0.255 e. The van der Waals surface area contributed by atoms with Gasteiger partial charge >= 0.3 is 0 Å². The first kappa shape index (κ1) is 14.3. The van der Waals surface area contributed by atoms with Crippen LogP contribution in [0.15, 0.2) is 29.5 Å². The minimum absolute atomic E-state index is 0.0790. The first-order valence-corrected chi connectivity index (χ1v) is 7.97. The van der Waals surface area contributed by atoms with Crippen LogP contribution >= 0.6 is 0 Å². The second-order valence-corrected chi connectivity index (χ2v) is 6.03.